The van der Waals surface area contributed by atoms with E-state index in [0.717, 1.165) is 6.21 Å². The van der Waals surface area contributed by atoms with Crippen LogP contribution in [0, 0.1) is 5.41 Å². The molecule has 0 bridgehead atoms. The van der Waals surface area contributed by atoms with Gasteiger partial charge in [0, 0.05) is 0 Å². The van der Waals surface area contributed by atoms with Crippen molar-refractivity contribution in [3.05, 3.63) is 12.2 Å². The number of nitrogens with zero attached hydrogens (tertiary/aromatic N) is 1. The molecule has 0 spiro atoms. The Morgan fingerprint density at radius 1 is 1.70 bits per heavy atom. The number of carbonyl (C=O) groups excluding carboxylic acids is 1. The van der Waals surface area contributed by atoms with E-state index in [0.29, 0.717) is 0 Å². The highest BCUT2D eigenvalue weighted by atomic mass is 16.1. The van der Waals surface area contributed by atoms with Gasteiger partial charge in [-0.1, -0.05) is 6.08 Å². The van der Waals surface area contributed by atoms with Crippen LogP contribution in [0.3, 0.4) is 0 Å². The Morgan fingerprint density at radius 3 is 2.70 bits per heavy atom. The molecule has 54 valence electrons. The number of nitrogens with two attached hydrogens (primary N) is 1. The first-order valence-corrected chi connectivity index (χ1v) is 2.71. The summed E-state index contributed by atoms with van der Waals surface area (Å²) in [7, 11) is 0. The van der Waals surface area contributed by atoms with Gasteiger partial charge in [-0.3, -0.25) is 10.2 Å². The molecule has 0 aromatic heterocycles. The Hall–Kier alpha value is -1.45. The number of aliphatic imine (C=N–C) groups is 1. The zero-order valence-electron chi connectivity index (χ0n) is 5.66. The minimum Gasteiger partial charge on any atom is -0.368 e. The van der Waals surface area contributed by atoms with Crippen molar-refractivity contribution in [1.29, 1.82) is 5.41 Å². The third kappa shape index (κ3) is 4.70. The van der Waals surface area contributed by atoms with Gasteiger partial charge >= 0.3 is 0 Å². The van der Waals surface area contributed by atoms with Crippen molar-refractivity contribution in [2.45, 2.75) is 6.92 Å². The van der Waals surface area contributed by atoms with Crippen LogP contribution in [0.5, 0.6) is 0 Å². The lowest BCUT2D eigenvalue weighted by Crippen LogP contribution is -2.07. The smallest absolute Gasteiger partial charge is 0.212 e. The molecular formula is C6H9N3O. The summed E-state index contributed by atoms with van der Waals surface area (Å²) in [6, 6.07) is 0. The minimum atomic E-state index is -0.363. The van der Waals surface area contributed by atoms with Crippen molar-refractivity contribution < 1.29 is 4.79 Å². The normalized spacial score (nSPS) is 10.9. The lowest BCUT2D eigenvalue weighted by atomic mass is 10.4. The molecule has 0 amide bonds. The third-order valence-electron chi connectivity index (χ3n) is 0.662. The van der Waals surface area contributed by atoms with Crippen LogP contribution in [0.15, 0.2) is 17.1 Å². The Labute approximate surface area is 59.0 Å². The molecule has 0 saturated carbocycles. The van der Waals surface area contributed by atoms with E-state index in [2.05, 4.69) is 4.99 Å². The first kappa shape index (κ1) is 8.55. The van der Waals surface area contributed by atoms with Crippen LogP contribution in [0.1, 0.15) is 6.92 Å². The maximum absolute atomic E-state index is 10.6. The molecule has 0 heterocycles. The molecule has 4 heteroatoms. The summed E-state index contributed by atoms with van der Waals surface area (Å²) < 4.78 is 0. The molecule has 0 aliphatic rings. The molecule has 4 nitrogen and oxygen atoms in total. The summed E-state index contributed by atoms with van der Waals surface area (Å²) in [5.74, 6) is -0.629. The fourth-order valence-corrected chi connectivity index (χ4v) is 0.340. The molecule has 10 heavy (non-hydrogen) atoms. The van der Waals surface area contributed by atoms with Crippen molar-refractivity contribution in [3.8, 4) is 0 Å². The van der Waals surface area contributed by atoms with Crippen LogP contribution in [-0.4, -0.2) is 18.0 Å². The molecule has 0 aliphatic carbocycles. The maximum atomic E-state index is 10.6. The second kappa shape index (κ2) is 4.43. The average molecular weight is 139 g/mol. The summed E-state index contributed by atoms with van der Waals surface area (Å²) >= 11 is 0. The Kier molecular flexibility index (Phi) is 3.79. The van der Waals surface area contributed by atoms with Gasteiger partial charge in [-0.25, -0.2) is 4.99 Å². The Balaban J connectivity index is 3.90. The highest BCUT2D eigenvalue weighted by molar-refractivity contribution is 6.34. The molecule has 0 fully saturated rings. The summed E-state index contributed by atoms with van der Waals surface area (Å²) in [6.07, 6.45) is 3.93. The Morgan fingerprint density at radius 2 is 2.30 bits per heavy atom. The van der Waals surface area contributed by atoms with Crippen molar-refractivity contribution >= 4 is 18.0 Å². The van der Waals surface area contributed by atoms with Crippen LogP contribution in [0.2, 0.25) is 0 Å². The number of hydrogen-bond donors (Lipinski definition) is 2. The quantitative estimate of drug-likeness (QED) is 0.323. The van der Waals surface area contributed by atoms with Gasteiger partial charge in [0.25, 0.3) is 0 Å². The molecule has 0 aromatic rings. The van der Waals surface area contributed by atoms with Gasteiger partial charge in [0.1, 0.15) is 0 Å². The largest absolute Gasteiger partial charge is 0.368 e. The van der Waals surface area contributed by atoms with E-state index in [4.69, 9.17) is 11.1 Å². The van der Waals surface area contributed by atoms with Crippen LogP contribution >= 0.6 is 0 Å². The zero-order valence-corrected chi connectivity index (χ0v) is 5.66. The van der Waals surface area contributed by atoms with Gasteiger partial charge < -0.3 is 5.73 Å². The fraction of sp³-hybridized carbons (Fsp3) is 0.167. The zero-order chi connectivity index (χ0) is 7.98. The minimum absolute atomic E-state index is 0.266. The number of allylic oxidation sites excluding steroid dienone is 2. The lowest BCUT2D eigenvalue weighted by molar-refractivity contribution is -0.108. The van der Waals surface area contributed by atoms with E-state index < -0.39 is 0 Å². The van der Waals surface area contributed by atoms with Crippen molar-refractivity contribution in [2.24, 2.45) is 10.7 Å². The molecule has 0 unspecified atom stereocenters. The van der Waals surface area contributed by atoms with E-state index in [-0.39, 0.29) is 11.7 Å². The predicted octanol–water partition coefficient (Wildman–Crippen LogP) is 0.0959. The van der Waals surface area contributed by atoms with Gasteiger partial charge in [0.2, 0.25) is 5.96 Å². The molecule has 0 radical (unpaired) electrons. The number of rotatable bonds is 2. The number of carbonyl (C=O) groups is 1. The molecule has 0 aliphatic heterocycles. The van der Waals surface area contributed by atoms with Crippen LogP contribution in [-0.2, 0) is 4.79 Å². The topological polar surface area (TPSA) is 79.3 Å². The molecule has 0 rings (SSSR count). The summed E-state index contributed by atoms with van der Waals surface area (Å²) in [5.41, 5.74) is 4.85. The number of ketones is 1. The van der Waals surface area contributed by atoms with Crippen LogP contribution < -0.4 is 5.73 Å². The van der Waals surface area contributed by atoms with E-state index in [1.165, 1.54) is 6.08 Å². The number of nitrogens with one attached hydrogen (secondary N) is 1. The maximum Gasteiger partial charge on any atom is 0.212 e. The molecule has 0 saturated heterocycles. The summed E-state index contributed by atoms with van der Waals surface area (Å²) in [5, 5.41) is 6.62. The van der Waals surface area contributed by atoms with E-state index >= 15 is 0 Å². The second-order valence-electron chi connectivity index (χ2n) is 1.55. The number of hydrogen-bond acceptors (Lipinski definition) is 2. The predicted molar refractivity (Wildman–Crippen MR) is 40.2 cm³/mol. The fourth-order valence-electron chi connectivity index (χ4n) is 0.340. The molecule has 3 N–H and O–H groups in total. The van der Waals surface area contributed by atoms with Crippen molar-refractivity contribution in [1.82, 2.24) is 0 Å². The second-order valence-corrected chi connectivity index (χ2v) is 1.55. The first-order valence-electron chi connectivity index (χ1n) is 2.71. The van der Waals surface area contributed by atoms with Gasteiger partial charge in [-0.05, 0) is 13.0 Å². The first-order chi connectivity index (χ1) is 4.66. The standard InChI is InChI=1S/C6H9N3O/c1-2-3-5(10)4-9-6(7)8/h2-4H,1H3,(H3,7,8)/b3-2+,9-4?. The molecule has 0 atom stereocenters. The number of guanidine groups is 1. The van der Waals surface area contributed by atoms with E-state index in [1.807, 2.05) is 0 Å². The van der Waals surface area contributed by atoms with E-state index in [9.17, 15) is 4.79 Å². The van der Waals surface area contributed by atoms with Gasteiger partial charge in [0.15, 0.2) is 5.78 Å². The van der Waals surface area contributed by atoms with Crippen molar-refractivity contribution in [3.63, 3.8) is 0 Å². The molecule has 0 aromatic carbocycles. The van der Waals surface area contributed by atoms with Gasteiger partial charge in [0.05, 0.1) is 6.21 Å². The van der Waals surface area contributed by atoms with Gasteiger partial charge in [-0.2, -0.15) is 0 Å². The van der Waals surface area contributed by atoms with Crippen LogP contribution in [0.25, 0.3) is 0 Å². The third-order valence-corrected chi connectivity index (χ3v) is 0.662. The average Bonchev–Trinajstić information content (AvgIpc) is 1.85. The van der Waals surface area contributed by atoms with Crippen molar-refractivity contribution in [2.75, 3.05) is 0 Å². The van der Waals surface area contributed by atoms with Gasteiger partial charge in [-0.15, -0.1) is 0 Å². The summed E-state index contributed by atoms with van der Waals surface area (Å²) in [6.45, 7) is 1.72. The Bertz CT molecular complexity index is 193. The summed E-state index contributed by atoms with van der Waals surface area (Å²) in [4.78, 5) is 13.8. The lowest BCUT2D eigenvalue weighted by Gasteiger charge is -1.81. The molecular weight excluding hydrogens is 130 g/mol. The SMILES string of the molecule is C/C=C/C(=O)C=NC(=N)N. The highest BCUT2D eigenvalue weighted by Gasteiger charge is 1.86. The highest BCUT2D eigenvalue weighted by Crippen LogP contribution is 1.72. The monoisotopic (exact) mass is 139 g/mol. The van der Waals surface area contributed by atoms with E-state index in [1.54, 1.807) is 13.0 Å². The van der Waals surface area contributed by atoms with Crippen LogP contribution in [0.4, 0.5) is 0 Å².